The Hall–Kier alpha value is -3.07. The van der Waals surface area contributed by atoms with Crippen LogP contribution in [0.5, 0.6) is 0 Å². The van der Waals surface area contributed by atoms with Crippen molar-refractivity contribution in [3.05, 3.63) is 63.3 Å². The summed E-state index contributed by atoms with van der Waals surface area (Å²) < 4.78 is 19.5. The maximum absolute atomic E-state index is 13.5. The van der Waals surface area contributed by atoms with Gasteiger partial charge in [0.05, 0.1) is 13.2 Å². The number of hydrogen-bond donors (Lipinski definition) is 2. The number of carbonyl (C=O) groups excluding carboxylic acids is 2. The number of aromatic nitrogens is 2. The van der Waals surface area contributed by atoms with E-state index in [9.17, 15) is 18.8 Å². The molecule has 0 saturated carbocycles. The van der Waals surface area contributed by atoms with Crippen LogP contribution >= 0.6 is 0 Å². The van der Waals surface area contributed by atoms with Crippen molar-refractivity contribution in [3.8, 4) is 0 Å². The first kappa shape index (κ1) is 20.2. The van der Waals surface area contributed by atoms with Gasteiger partial charge in [0, 0.05) is 31.8 Å². The van der Waals surface area contributed by atoms with E-state index in [1.165, 1.54) is 31.4 Å². The molecule has 1 aromatic heterocycles. The van der Waals surface area contributed by atoms with Gasteiger partial charge in [-0.25, -0.2) is 9.07 Å². The van der Waals surface area contributed by atoms with E-state index in [1.54, 1.807) is 6.92 Å². The van der Waals surface area contributed by atoms with E-state index in [1.807, 2.05) is 0 Å². The maximum Gasteiger partial charge on any atom is 0.271 e. The van der Waals surface area contributed by atoms with Crippen molar-refractivity contribution in [1.29, 1.82) is 0 Å². The van der Waals surface area contributed by atoms with Crippen LogP contribution in [-0.2, 0) is 11.3 Å². The number of carbonyl (C=O) groups is 2. The lowest BCUT2D eigenvalue weighted by Gasteiger charge is -2.09. The summed E-state index contributed by atoms with van der Waals surface area (Å²) in [6.45, 7) is 2.45. The Kier molecular flexibility index (Phi) is 7.18. The highest BCUT2D eigenvalue weighted by Crippen LogP contribution is 2.08. The number of nitrogens with zero attached hydrogens (tertiary/aromatic N) is 2. The molecule has 0 spiro atoms. The molecule has 2 aromatic rings. The molecule has 0 saturated heterocycles. The van der Waals surface area contributed by atoms with Gasteiger partial charge in [0.15, 0.2) is 0 Å². The monoisotopic (exact) mass is 376 g/mol. The second kappa shape index (κ2) is 9.58. The molecular weight excluding hydrogens is 355 g/mol. The normalized spacial score (nSPS) is 10.5. The summed E-state index contributed by atoms with van der Waals surface area (Å²) in [5.74, 6) is -1.36. The quantitative estimate of drug-likeness (QED) is 0.653. The molecule has 0 bridgehead atoms. The maximum atomic E-state index is 13.5. The summed E-state index contributed by atoms with van der Waals surface area (Å²) >= 11 is 0. The number of rotatable bonds is 8. The molecule has 27 heavy (non-hydrogen) atoms. The number of amides is 2. The van der Waals surface area contributed by atoms with Gasteiger partial charge in [-0.15, -0.1) is 0 Å². The standard InChI is InChI=1S/C18H21FN4O4/c1-12-3-4-13(11-14(12)19)17(25)20-7-8-21-18(26)15-5-6-16(24)23(22-15)9-10-27-2/h3-6,11H,7-10H2,1-2H3,(H,20,25)(H,21,26). The molecule has 0 unspecified atom stereocenters. The van der Waals surface area contributed by atoms with E-state index < -0.39 is 17.6 Å². The van der Waals surface area contributed by atoms with Crippen LogP contribution < -0.4 is 16.2 Å². The van der Waals surface area contributed by atoms with Gasteiger partial charge >= 0.3 is 0 Å². The fourth-order valence-electron chi connectivity index (χ4n) is 2.19. The highest BCUT2D eigenvalue weighted by molar-refractivity contribution is 5.94. The number of halogens is 1. The first-order valence-corrected chi connectivity index (χ1v) is 8.32. The molecule has 0 aliphatic rings. The Morgan fingerprint density at radius 1 is 1.15 bits per heavy atom. The van der Waals surface area contributed by atoms with Crippen LogP contribution in [0.3, 0.4) is 0 Å². The van der Waals surface area contributed by atoms with Gasteiger partial charge in [-0.3, -0.25) is 14.4 Å². The number of benzene rings is 1. The van der Waals surface area contributed by atoms with Gasteiger partial charge in [0.1, 0.15) is 11.5 Å². The average Bonchev–Trinajstić information content (AvgIpc) is 2.66. The molecule has 0 radical (unpaired) electrons. The van der Waals surface area contributed by atoms with Crippen molar-refractivity contribution in [2.45, 2.75) is 13.5 Å². The number of hydrogen-bond acceptors (Lipinski definition) is 5. The third-order valence-corrected chi connectivity index (χ3v) is 3.74. The molecule has 2 rings (SSSR count). The van der Waals surface area contributed by atoms with Crippen molar-refractivity contribution in [1.82, 2.24) is 20.4 Å². The summed E-state index contributed by atoms with van der Waals surface area (Å²) in [6.07, 6.45) is 0. The van der Waals surface area contributed by atoms with E-state index in [4.69, 9.17) is 4.74 Å². The average molecular weight is 376 g/mol. The molecule has 2 N–H and O–H groups in total. The van der Waals surface area contributed by atoms with Crippen LogP contribution in [0.15, 0.2) is 35.1 Å². The molecule has 0 aliphatic heterocycles. The fraction of sp³-hybridized carbons (Fsp3) is 0.333. The van der Waals surface area contributed by atoms with Crippen molar-refractivity contribution in [2.75, 3.05) is 26.8 Å². The number of methoxy groups -OCH3 is 1. The fourth-order valence-corrected chi connectivity index (χ4v) is 2.19. The van der Waals surface area contributed by atoms with Gasteiger partial charge in [-0.05, 0) is 30.7 Å². The molecule has 144 valence electrons. The topological polar surface area (TPSA) is 102 Å². The van der Waals surface area contributed by atoms with Crippen LogP contribution in [0.1, 0.15) is 26.4 Å². The summed E-state index contributed by atoms with van der Waals surface area (Å²) in [6, 6.07) is 6.80. The highest BCUT2D eigenvalue weighted by Gasteiger charge is 2.10. The van der Waals surface area contributed by atoms with Gasteiger partial charge in [-0.2, -0.15) is 5.10 Å². The van der Waals surface area contributed by atoms with Gasteiger partial charge < -0.3 is 15.4 Å². The molecule has 8 nitrogen and oxygen atoms in total. The van der Waals surface area contributed by atoms with Crippen LogP contribution in [0.4, 0.5) is 4.39 Å². The first-order chi connectivity index (χ1) is 12.9. The van der Waals surface area contributed by atoms with Crippen LogP contribution in [0.25, 0.3) is 0 Å². The lowest BCUT2D eigenvalue weighted by molar-refractivity contribution is 0.0923. The third kappa shape index (κ3) is 5.71. The minimum atomic E-state index is -0.475. The van der Waals surface area contributed by atoms with Crippen LogP contribution in [-0.4, -0.2) is 48.4 Å². The predicted octanol–water partition coefficient (Wildman–Crippen LogP) is 0.497. The highest BCUT2D eigenvalue weighted by atomic mass is 19.1. The van der Waals surface area contributed by atoms with E-state index >= 15 is 0 Å². The van der Waals surface area contributed by atoms with E-state index in [2.05, 4.69) is 15.7 Å². The van der Waals surface area contributed by atoms with Gasteiger partial charge in [0.25, 0.3) is 17.4 Å². The Balaban J connectivity index is 1.84. The zero-order valence-electron chi connectivity index (χ0n) is 15.1. The SMILES string of the molecule is COCCn1nc(C(=O)NCCNC(=O)c2ccc(C)c(F)c2)ccc1=O. The lowest BCUT2D eigenvalue weighted by Crippen LogP contribution is -2.36. The second-order valence-electron chi connectivity index (χ2n) is 5.75. The first-order valence-electron chi connectivity index (χ1n) is 8.32. The molecule has 0 aliphatic carbocycles. The predicted molar refractivity (Wildman–Crippen MR) is 96.2 cm³/mol. The second-order valence-corrected chi connectivity index (χ2v) is 5.75. The zero-order valence-corrected chi connectivity index (χ0v) is 15.1. The van der Waals surface area contributed by atoms with E-state index in [-0.39, 0.29) is 36.5 Å². The summed E-state index contributed by atoms with van der Waals surface area (Å²) in [7, 11) is 1.50. The third-order valence-electron chi connectivity index (χ3n) is 3.74. The molecular formula is C18H21FN4O4. The molecule has 0 fully saturated rings. The molecule has 1 heterocycles. The molecule has 1 aromatic carbocycles. The minimum Gasteiger partial charge on any atom is -0.383 e. The Labute approximate surface area is 155 Å². The Morgan fingerprint density at radius 3 is 2.52 bits per heavy atom. The lowest BCUT2D eigenvalue weighted by atomic mass is 10.1. The summed E-state index contributed by atoms with van der Waals surface area (Å²) in [5, 5.41) is 9.15. The summed E-state index contributed by atoms with van der Waals surface area (Å²) in [5.41, 5.74) is 0.410. The van der Waals surface area contributed by atoms with Crippen molar-refractivity contribution < 1.29 is 18.7 Å². The number of nitrogens with one attached hydrogen (secondary N) is 2. The molecule has 2 amide bonds. The van der Waals surface area contributed by atoms with Crippen molar-refractivity contribution >= 4 is 11.8 Å². The van der Waals surface area contributed by atoms with Gasteiger partial charge in [-0.1, -0.05) is 6.07 Å². The van der Waals surface area contributed by atoms with Crippen molar-refractivity contribution in [3.63, 3.8) is 0 Å². The van der Waals surface area contributed by atoms with Crippen molar-refractivity contribution in [2.24, 2.45) is 0 Å². The number of aryl methyl sites for hydroxylation is 1. The van der Waals surface area contributed by atoms with E-state index in [0.717, 1.165) is 10.7 Å². The van der Waals surface area contributed by atoms with Gasteiger partial charge in [0.2, 0.25) is 0 Å². The number of ether oxygens (including phenoxy) is 1. The van der Waals surface area contributed by atoms with E-state index in [0.29, 0.717) is 12.2 Å². The summed E-state index contributed by atoms with van der Waals surface area (Å²) in [4.78, 5) is 35.7. The Bertz CT molecular complexity index is 882. The molecule has 0 atom stereocenters. The molecule has 9 heteroatoms. The zero-order chi connectivity index (χ0) is 19.8. The van der Waals surface area contributed by atoms with Crippen LogP contribution in [0.2, 0.25) is 0 Å². The minimum absolute atomic E-state index is 0.0811. The largest absolute Gasteiger partial charge is 0.383 e. The van der Waals surface area contributed by atoms with Crippen LogP contribution in [0, 0.1) is 12.7 Å². The smallest absolute Gasteiger partial charge is 0.271 e. The Morgan fingerprint density at radius 2 is 1.85 bits per heavy atom.